The molecule has 1 aromatic rings. The number of benzene rings is 1. The molecule has 3 heteroatoms. The highest BCUT2D eigenvalue weighted by Gasteiger charge is 1.97. The molecule has 58 valence electrons. The lowest BCUT2D eigenvalue weighted by atomic mass is 10.3. The number of thiol groups is 1. The van der Waals surface area contributed by atoms with E-state index in [2.05, 4.69) is 19.2 Å². The highest BCUT2D eigenvalue weighted by atomic mass is 32.2. The van der Waals surface area contributed by atoms with E-state index in [1.807, 2.05) is 24.3 Å². The van der Waals surface area contributed by atoms with Gasteiger partial charge in [0.1, 0.15) is 0 Å². The summed E-state index contributed by atoms with van der Waals surface area (Å²) in [7, 11) is 0. The van der Waals surface area contributed by atoms with Gasteiger partial charge in [-0.25, -0.2) is 0 Å². The average molecular weight is 183 g/mol. The third-order valence-electron chi connectivity index (χ3n) is 1.15. The van der Waals surface area contributed by atoms with Gasteiger partial charge in [0, 0.05) is 14.8 Å². The molecule has 0 bridgehead atoms. The summed E-state index contributed by atoms with van der Waals surface area (Å²) in [5, 5.41) is 0. The van der Waals surface area contributed by atoms with Crippen LogP contribution in [0.1, 0.15) is 0 Å². The summed E-state index contributed by atoms with van der Waals surface area (Å²) in [6.45, 7) is 3.66. The lowest BCUT2D eigenvalue weighted by molar-refractivity contribution is 1.47. The van der Waals surface area contributed by atoms with Gasteiger partial charge in [0.2, 0.25) is 0 Å². The molecule has 0 atom stereocenters. The van der Waals surface area contributed by atoms with Crippen LogP contribution in [0.2, 0.25) is 0 Å². The molecule has 0 saturated heterocycles. The number of thioether (sulfide) groups is 1. The summed E-state index contributed by atoms with van der Waals surface area (Å²) in [5.74, 6) is 0. The highest BCUT2D eigenvalue weighted by Crippen LogP contribution is 2.31. The van der Waals surface area contributed by atoms with Crippen LogP contribution in [0.4, 0.5) is 5.69 Å². The summed E-state index contributed by atoms with van der Waals surface area (Å²) in [5.41, 5.74) is 6.44. The van der Waals surface area contributed by atoms with Crippen LogP contribution in [-0.4, -0.2) is 0 Å². The Labute approximate surface area is 76.1 Å². The van der Waals surface area contributed by atoms with Crippen LogP contribution in [0, 0.1) is 0 Å². The lowest BCUT2D eigenvalue weighted by Crippen LogP contribution is -1.85. The van der Waals surface area contributed by atoms with E-state index >= 15 is 0 Å². The molecule has 0 aliphatic rings. The van der Waals surface area contributed by atoms with Gasteiger partial charge in [0.15, 0.2) is 0 Å². The monoisotopic (exact) mass is 183 g/mol. The molecule has 0 aliphatic heterocycles. The Hall–Kier alpha value is -0.540. The minimum atomic E-state index is 0.753. The number of anilines is 1. The van der Waals surface area contributed by atoms with Crippen molar-refractivity contribution in [3.05, 3.63) is 35.1 Å². The molecule has 0 heterocycles. The first-order chi connectivity index (χ1) is 5.20. The van der Waals surface area contributed by atoms with Gasteiger partial charge in [-0.3, -0.25) is 0 Å². The highest BCUT2D eigenvalue weighted by molar-refractivity contribution is 8.15. The molecule has 0 spiro atoms. The van der Waals surface area contributed by atoms with Gasteiger partial charge < -0.3 is 5.73 Å². The maximum Gasteiger partial charge on any atom is 0.0456 e. The second-order valence-electron chi connectivity index (χ2n) is 2.03. The maximum absolute atomic E-state index is 5.67. The number of nitrogens with two attached hydrogens (primary N) is 1. The van der Waals surface area contributed by atoms with E-state index in [0.717, 1.165) is 14.8 Å². The molecule has 0 aliphatic carbocycles. The fourth-order valence-electron chi connectivity index (χ4n) is 0.700. The molecule has 1 nitrogen and oxygen atoms in total. The predicted molar refractivity (Wildman–Crippen MR) is 54.8 cm³/mol. The van der Waals surface area contributed by atoms with Crippen molar-refractivity contribution < 1.29 is 0 Å². The fraction of sp³-hybridized carbons (Fsp3) is 0. The second kappa shape index (κ2) is 3.74. The van der Waals surface area contributed by atoms with Crippen LogP contribution in [-0.2, 0) is 0 Å². The van der Waals surface area contributed by atoms with Crippen LogP contribution < -0.4 is 5.73 Å². The summed E-state index contributed by atoms with van der Waals surface area (Å²) in [6, 6.07) is 7.65. The first-order valence-electron chi connectivity index (χ1n) is 3.10. The molecule has 0 fully saturated rings. The van der Waals surface area contributed by atoms with Crippen LogP contribution in [0.15, 0.2) is 40.0 Å². The minimum absolute atomic E-state index is 0.753. The van der Waals surface area contributed by atoms with Crippen molar-refractivity contribution in [2.45, 2.75) is 4.90 Å². The van der Waals surface area contributed by atoms with E-state index in [9.17, 15) is 0 Å². The summed E-state index contributed by atoms with van der Waals surface area (Å²) in [6.07, 6.45) is 0. The van der Waals surface area contributed by atoms with Gasteiger partial charge in [-0.15, -0.1) is 12.6 Å². The van der Waals surface area contributed by atoms with E-state index in [1.54, 1.807) is 0 Å². The Morgan fingerprint density at radius 3 is 2.64 bits per heavy atom. The first kappa shape index (κ1) is 8.56. The molecule has 0 aromatic heterocycles. The van der Waals surface area contributed by atoms with Gasteiger partial charge in [-0.2, -0.15) is 0 Å². The molecule has 11 heavy (non-hydrogen) atoms. The summed E-state index contributed by atoms with van der Waals surface area (Å²) < 4.78 is 0.753. The molecule has 1 aromatic carbocycles. The van der Waals surface area contributed by atoms with Crippen molar-refractivity contribution in [2.24, 2.45) is 0 Å². The van der Waals surface area contributed by atoms with E-state index in [0.29, 0.717) is 0 Å². The molecule has 1 rings (SSSR count). The van der Waals surface area contributed by atoms with Crippen molar-refractivity contribution in [1.29, 1.82) is 0 Å². The van der Waals surface area contributed by atoms with Gasteiger partial charge in [-0.05, 0) is 12.1 Å². The molecule has 0 amide bonds. The Bertz CT molecular complexity index is 271. The fourth-order valence-corrected chi connectivity index (χ4v) is 1.58. The number of rotatable bonds is 2. The Kier molecular flexibility index (Phi) is 2.91. The SMILES string of the molecule is C=C(S)Sc1ccccc1N. The quantitative estimate of drug-likeness (QED) is 0.419. The number of nitrogen functional groups attached to an aromatic ring is 1. The van der Waals surface area contributed by atoms with Crippen LogP contribution in [0.5, 0.6) is 0 Å². The third-order valence-corrected chi connectivity index (χ3v) is 2.25. The van der Waals surface area contributed by atoms with Crippen molar-refractivity contribution >= 4 is 30.1 Å². The summed E-state index contributed by atoms with van der Waals surface area (Å²) >= 11 is 5.54. The van der Waals surface area contributed by atoms with Gasteiger partial charge in [0.05, 0.1) is 0 Å². The van der Waals surface area contributed by atoms with Crippen molar-refractivity contribution in [2.75, 3.05) is 5.73 Å². The Morgan fingerprint density at radius 2 is 2.09 bits per heavy atom. The normalized spacial score (nSPS) is 9.55. The van der Waals surface area contributed by atoms with E-state index in [-0.39, 0.29) is 0 Å². The molecule has 0 saturated carbocycles. The topological polar surface area (TPSA) is 26.0 Å². The second-order valence-corrected chi connectivity index (χ2v) is 4.01. The van der Waals surface area contributed by atoms with E-state index in [4.69, 9.17) is 5.73 Å². The van der Waals surface area contributed by atoms with E-state index < -0.39 is 0 Å². The first-order valence-corrected chi connectivity index (χ1v) is 4.37. The number of hydrogen-bond acceptors (Lipinski definition) is 3. The third kappa shape index (κ3) is 2.52. The van der Waals surface area contributed by atoms with Gasteiger partial charge in [-0.1, -0.05) is 30.5 Å². The number of hydrogen-bond donors (Lipinski definition) is 2. The van der Waals surface area contributed by atoms with Crippen molar-refractivity contribution in [3.8, 4) is 0 Å². The van der Waals surface area contributed by atoms with Crippen molar-refractivity contribution in [1.82, 2.24) is 0 Å². The Balaban J connectivity index is 2.86. The molecular weight excluding hydrogens is 174 g/mol. The summed E-state index contributed by atoms with van der Waals surface area (Å²) in [4.78, 5) is 1.01. The minimum Gasteiger partial charge on any atom is -0.398 e. The van der Waals surface area contributed by atoms with Gasteiger partial charge >= 0.3 is 0 Å². The zero-order valence-electron chi connectivity index (χ0n) is 5.95. The molecular formula is C8H9NS2. The standard InChI is InChI=1S/C8H9NS2/c1-6(10)11-8-5-3-2-4-7(8)9/h2-5,10H,1,9H2. The van der Waals surface area contributed by atoms with E-state index in [1.165, 1.54) is 11.8 Å². The Morgan fingerprint density at radius 1 is 1.45 bits per heavy atom. The van der Waals surface area contributed by atoms with Crippen LogP contribution >= 0.6 is 24.4 Å². The average Bonchev–Trinajstić information content (AvgIpc) is 1.93. The lowest BCUT2D eigenvalue weighted by Gasteiger charge is -2.01. The van der Waals surface area contributed by atoms with Crippen LogP contribution in [0.25, 0.3) is 0 Å². The van der Waals surface area contributed by atoms with Crippen molar-refractivity contribution in [3.63, 3.8) is 0 Å². The van der Waals surface area contributed by atoms with Gasteiger partial charge in [0.25, 0.3) is 0 Å². The molecule has 2 N–H and O–H groups in total. The predicted octanol–water partition coefficient (Wildman–Crippen LogP) is 2.76. The smallest absolute Gasteiger partial charge is 0.0456 e. The zero-order valence-corrected chi connectivity index (χ0v) is 7.66. The largest absolute Gasteiger partial charge is 0.398 e. The molecule has 0 unspecified atom stereocenters. The zero-order chi connectivity index (χ0) is 8.27. The molecule has 0 radical (unpaired) electrons. The van der Waals surface area contributed by atoms with Crippen LogP contribution in [0.3, 0.4) is 0 Å². The number of para-hydroxylation sites is 1. The maximum atomic E-state index is 5.67.